The number of hydrogen-bond acceptors (Lipinski definition) is 4. The van der Waals surface area contributed by atoms with Crippen LogP contribution in [0.1, 0.15) is 25.0 Å². The van der Waals surface area contributed by atoms with Crippen LogP contribution in [0, 0.1) is 11.3 Å². The van der Waals surface area contributed by atoms with Crippen molar-refractivity contribution in [1.82, 2.24) is 14.8 Å². The number of hydrogen-bond donors (Lipinski definition) is 1. The third-order valence-electron chi connectivity index (χ3n) is 3.37. The summed E-state index contributed by atoms with van der Waals surface area (Å²) in [6.45, 7) is 3.43. The summed E-state index contributed by atoms with van der Waals surface area (Å²) < 4.78 is 1.75. The summed E-state index contributed by atoms with van der Waals surface area (Å²) in [5, 5.41) is 24.3. The number of aliphatic hydroxyl groups is 1. The first kappa shape index (κ1) is 13.3. The molecule has 1 aromatic carbocycles. The Labute approximate surface area is 122 Å². The van der Waals surface area contributed by atoms with Crippen LogP contribution in [0.15, 0.2) is 42.9 Å². The Bertz CT molecular complexity index is 853. The van der Waals surface area contributed by atoms with Gasteiger partial charge in [-0.25, -0.2) is 4.68 Å². The Morgan fingerprint density at radius 2 is 2.00 bits per heavy atom. The van der Waals surface area contributed by atoms with Crippen LogP contribution in [0.5, 0.6) is 0 Å². The van der Waals surface area contributed by atoms with E-state index in [1.54, 1.807) is 49.3 Å². The SMILES string of the molecule is CC(C)(O)c1cncc(-n2ncc3cc(C#N)ccc32)c1. The summed E-state index contributed by atoms with van der Waals surface area (Å²) in [7, 11) is 0. The number of fused-ring (bicyclic) bond motifs is 1. The van der Waals surface area contributed by atoms with Crippen LogP contribution < -0.4 is 0 Å². The molecule has 0 amide bonds. The zero-order valence-electron chi connectivity index (χ0n) is 11.8. The highest BCUT2D eigenvalue weighted by Gasteiger charge is 2.17. The highest BCUT2D eigenvalue weighted by Crippen LogP contribution is 2.23. The van der Waals surface area contributed by atoms with Gasteiger partial charge in [0.15, 0.2) is 0 Å². The van der Waals surface area contributed by atoms with E-state index < -0.39 is 5.60 Å². The van der Waals surface area contributed by atoms with Crippen molar-refractivity contribution in [2.75, 3.05) is 0 Å². The molecule has 2 aromatic heterocycles. The van der Waals surface area contributed by atoms with Gasteiger partial charge < -0.3 is 5.11 Å². The van der Waals surface area contributed by atoms with Crippen LogP contribution in [-0.2, 0) is 5.60 Å². The van der Waals surface area contributed by atoms with Crippen molar-refractivity contribution in [3.8, 4) is 11.8 Å². The maximum absolute atomic E-state index is 10.1. The summed E-state index contributed by atoms with van der Waals surface area (Å²) in [5.41, 5.74) is 2.03. The fourth-order valence-electron chi connectivity index (χ4n) is 2.19. The van der Waals surface area contributed by atoms with E-state index in [-0.39, 0.29) is 0 Å². The normalized spacial score (nSPS) is 11.5. The maximum Gasteiger partial charge on any atom is 0.0991 e. The molecule has 0 bridgehead atoms. The first-order chi connectivity index (χ1) is 9.99. The van der Waals surface area contributed by atoms with Gasteiger partial charge in [-0.2, -0.15) is 10.4 Å². The van der Waals surface area contributed by atoms with Gasteiger partial charge in [0.25, 0.3) is 0 Å². The van der Waals surface area contributed by atoms with E-state index in [1.807, 2.05) is 12.1 Å². The van der Waals surface area contributed by atoms with Crippen molar-refractivity contribution in [2.24, 2.45) is 0 Å². The Morgan fingerprint density at radius 3 is 2.71 bits per heavy atom. The van der Waals surface area contributed by atoms with Gasteiger partial charge in [0.05, 0.1) is 40.8 Å². The van der Waals surface area contributed by atoms with E-state index in [4.69, 9.17) is 5.26 Å². The molecule has 21 heavy (non-hydrogen) atoms. The Balaban J connectivity index is 2.15. The van der Waals surface area contributed by atoms with Crippen LogP contribution in [0.2, 0.25) is 0 Å². The number of rotatable bonds is 2. The first-order valence-electron chi connectivity index (χ1n) is 6.55. The number of nitriles is 1. The minimum Gasteiger partial charge on any atom is -0.386 e. The van der Waals surface area contributed by atoms with Gasteiger partial charge in [-0.3, -0.25) is 4.98 Å². The van der Waals surface area contributed by atoms with Crippen LogP contribution in [0.3, 0.4) is 0 Å². The highest BCUT2D eigenvalue weighted by molar-refractivity contribution is 5.81. The molecule has 104 valence electrons. The topological polar surface area (TPSA) is 74.7 Å². The molecule has 0 atom stereocenters. The van der Waals surface area contributed by atoms with E-state index in [2.05, 4.69) is 16.2 Å². The molecule has 0 spiro atoms. The highest BCUT2D eigenvalue weighted by atomic mass is 16.3. The third-order valence-corrected chi connectivity index (χ3v) is 3.37. The lowest BCUT2D eigenvalue weighted by Gasteiger charge is -2.18. The summed E-state index contributed by atoms with van der Waals surface area (Å²) in [6.07, 6.45) is 5.05. The molecule has 5 heteroatoms. The van der Waals surface area contributed by atoms with Gasteiger partial charge in [0, 0.05) is 17.1 Å². The summed E-state index contributed by atoms with van der Waals surface area (Å²) in [5.74, 6) is 0. The molecule has 5 nitrogen and oxygen atoms in total. The fraction of sp³-hybridized carbons (Fsp3) is 0.188. The van der Waals surface area contributed by atoms with Crippen molar-refractivity contribution in [2.45, 2.75) is 19.4 Å². The summed E-state index contributed by atoms with van der Waals surface area (Å²) in [4.78, 5) is 4.17. The van der Waals surface area contributed by atoms with Gasteiger partial charge in [0.1, 0.15) is 0 Å². The van der Waals surface area contributed by atoms with E-state index in [1.165, 1.54) is 0 Å². The predicted octanol–water partition coefficient (Wildman–Crippen LogP) is 2.52. The molecule has 3 rings (SSSR count). The molecule has 1 N–H and O–H groups in total. The average Bonchev–Trinajstić information content (AvgIpc) is 2.89. The van der Waals surface area contributed by atoms with Gasteiger partial charge in [-0.15, -0.1) is 0 Å². The molecule has 0 radical (unpaired) electrons. The van der Waals surface area contributed by atoms with E-state index in [0.29, 0.717) is 5.56 Å². The third kappa shape index (κ3) is 2.37. The number of pyridine rings is 1. The van der Waals surface area contributed by atoms with Crippen molar-refractivity contribution in [1.29, 1.82) is 5.26 Å². The van der Waals surface area contributed by atoms with Gasteiger partial charge in [-0.1, -0.05) is 0 Å². The van der Waals surface area contributed by atoms with Gasteiger partial charge >= 0.3 is 0 Å². The Kier molecular flexibility index (Phi) is 2.96. The van der Waals surface area contributed by atoms with Gasteiger partial charge in [0.2, 0.25) is 0 Å². The zero-order valence-corrected chi connectivity index (χ0v) is 11.8. The largest absolute Gasteiger partial charge is 0.386 e. The van der Waals surface area contributed by atoms with Crippen molar-refractivity contribution in [3.63, 3.8) is 0 Å². The molecule has 0 fully saturated rings. The van der Waals surface area contributed by atoms with Crippen LogP contribution in [-0.4, -0.2) is 19.9 Å². The van der Waals surface area contributed by atoms with E-state index >= 15 is 0 Å². The van der Waals surface area contributed by atoms with Crippen LogP contribution in [0.25, 0.3) is 16.6 Å². The molecular formula is C16H14N4O. The number of nitrogens with zero attached hydrogens (tertiary/aromatic N) is 4. The smallest absolute Gasteiger partial charge is 0.0991 e. The predicted molar refractivity (Wildman–Crippen MR) is 78.8 cm³/mol. The summed E-state index contributed by atoms with van der Waals surface area (Å²) in [6, 6.07) is 9.39. The lowest BCUT2D eigenvalue weighted by molar-refractivity contribution is 0.0782. The minimum absolute atomic E-state index is 0.602. The molecule has 0 saturated carbocycles. The molecule has 3 aromatic rings. The number of aromatic nitrogens is 3. The number of benzene rings is 1. The summed E-state index contributed by atoms with van der Waals surface area (Å²) >= 11 is 0. The van der Waals surface area contributed by atoms with Crippen LogP contribution >= 0.6 is 0 Å². The second kappa shape index (κ2) is 4.69. The van der Waals surface area contributed by atoms with E-state index in [9.17, 15) is 5.11 Å². The van der Waals surface area contributed by atoms with Gasteiger partial charge in [-0.05, 0) is 38.1 Å². The lowest BCUT2D eigenvalue weighted by Crippen LogP contribution is -2.16. The van der Waals surface area contributed by atoms with Crippen LogP contribution in [0.4, 0.5) is 0 Å². The molecule has 2 heterocycles. The average molecular weight is 278 g/mol. The zero-order chi connectivity index (χ0) is 15.0. The molecule has 0 aliphatic rings. The fourth-order valence-corrected chi connectivity index (χ4v) is 2.19. The molecule has 0 aliphatic heterocycles. The Hall–Kier alpha value is -2.71. The molecular weight excluding hydrogens is 264 g/mol. The first-order valence-corrected chi connectivity index (χ1v) is 6.55. The monoisotopic (exact) mass is 278 g/mol. The van der Waals surface area contributed by atoms with Crippen molar-refractivity contribution < 1.29 is 5.11 Å². The minimum atomic E-state index is -0.958. The molecule has 0 unspecified atom stereocenters. The second-order valence-electron chi connectivity index (χ2n) is 5.43. The molecule has 0 saturated heterocycles. The second-order valence-corrected chi connectivity index (χ2v) is 5.43. The van der Waals surface area contributed by atoms with Crippen molar-refractivity contribution in [3.05, 3.63) is 54.0 Å². The quantitative estimate of drug-likeness (QED) is 0.781. The Morgan fingerprint density at radius 1 is 1.19 bits per heavy atom. The maximum atomic E-state index is 10.1. The van der Waals surface area contributed by atoms with E-state index in [0.717, 1.165) is 22.2 Å². The lowest BCUT2D eigenvalue weighted by atomic mass is 10.0. The standard InChI is InChI=1S/C16H14N4O/c1-16(2,21)13-6-14(10-18-9-13)20-15-4-3-11(7-17)5-12(15)8-19-20/h3-6,8-10,21H,1-2H3. The molecule has 0 aliphatic carbocycles. The van der Waals surface area contributed by atoms with Crippen molar-refractivity contribution >= 4 is 10.9 Å².